The average Bonchev–Trinajstić information content (AvgIpc) is 2.43. The van der Waals surface area contributed by atoms with Crippen LogP contribution in [0.15, 0.2) is 0 Å². The summed E-state index contributed by atoms with van der Waals surface area (Å²) in [5.74, 6) is 0. The van der Waals surface area contributed by atoms with Crippen LogP contribution in [0.25, 0.3) is 0 Å². The van der Waals surface area contributed by atoms with Crippen LogP contribution >= 0.6 is 12.6 Å². The van der Waals surface area contributed by atoms with Gasteiger partial charge in [-0.2, -0.15) is 0 Å². The summed E-state index contributed by atoms with van der Waals surface area (Å²) in [6.45, 7) is 6.95. The zero-order valence-electron chi connectivity index (χ0n) is 13.7. The van der Waals surface area contributed by atoms with Crippen LogP contribution in [0.3, 0.4) is 0 Å². The van der Waals surface area contributed by atoms with Gasteiger partial charge in [-0.05, 0) is 26.7 Å². The first-order chi connectivity index (χ1) is 9.49. The van der Waals surface area contributed by atoms with E-state index in [4.69, 9.17) is 18.0 Å². The molecule has 0 aliphatic heterocycles. The average molecular weight is 325 g/mol. The minimum Gasteiger partial charge on any atom is -0.377 e. The largest absolute Gasteiger partial charge is 0.500 e. The van der Waals surface area contributed by atoms with Gasteiger partial charge in [-0.25, -0.2) is 0 Å². The molecule has 0 radical (unpaired) electrons. The van der Waals surface area contributed by atoms with Crippen LogP contribution < -0.4 is 0 Å². The summed E-state index contributed by atoms with van der Waals surface area (Å²) >= 11 is 4.47. The topological polar surface area (TPSA) is 36.9 Å². The number of thiol groups is 1. The molecular weight excluding hydrogens is 292 g/mol. The van der Waals surface area contributed by atoms with E-state index in [2.05, 4.69) is 19.6 Å². The summed E-state index contributed by atoms with van der Waals surface area (Å²) in [6.07, 6.45) is 5.71. The Kier molecular flexibility index (Phi) is 12.2. The second kappa shape index (κ2) is 12.0. The van der Waals surface area contributed by atoms with Gasteiger partial charge >= 0.3 is 8.80 Å². The quantitative estimate of drug-likeness (QED) is 0.241. The van der Waals surface area contributed by atoms with Gasteiger partial charge < -0.3 is 18.0 Å². The molecule has 0 bridgehead atoms. The molecule has 1 unspecified atom stereocenters. The van der Waals surface area contributed by atoms with E-state index in [9.17, 15) is 0 Å². The highest BCUT2D eigenvalue weighted by Crippen LogP contribution is 2.21. The maximum atomic E-state index is 5.85. The van der Waals surface area contributed by atoms with Crippen molar-refractivity contribution in [2.75, 3.05) is 20.8 Å². The van der Waals surface area contributed by atoms with Crippen LogP contribution in [0.5, 0.6) is 0 Å². The van der Waals surface area contributed by atoms with Gasteiger partial charge in [-0.15, -0.1) is 12.6 Å². The SMILES string of the molecule is CCCCCCOC(S)CC[Si](OC)(OC)OC(C)C. The van der Waals surface area contributed by atoms with Crippen LogP contribution in [0.2, 0.25) is 6.04 Å². The predicted octanol–water partition coefficient (Wildman–Crippen LogP) is 3.89. The highest BCUT2D eigenvalue weighted by atomic mass is 32.1. The van der Waals surface area contributed by atoms with Gasteiger partial charge in [0, 0.05) is 33.0 Å². The number of unbranched alkanes of at least 4 members (excludes halogenated alkanes) is 3. The first-order valence-electron chi connectivity index (χ1n) is 7.57. The minimum atomic E-state index is -2.56. The van der Waals surface area contributed by atoms with E-state index in [0.29, 0.717) is 0 Å². The Hall–Kier alpha value is 0.407. The molecule has 0 saturated heterocycles. The molecule has 0 amide bonds. The fourth-order valence-corrected chi connectivity index (χ4v) is 4.63. The lowest BCUT2D eigenvalue weighted by Crippen LogP contribution is -2.46. The van der Waals surface area contributed by atoms with Crippen LogP contribution in [0.1, 0.15) is 52.9 Å². The van der Waals surface area contributed by atoms with Crippen LogP contribution in [-0.2, 0) is 18.0 Å². The summed E-state index contributed by atoms with van der Waals surface area (Å²) in [6, 6.07) is 0.724. The van der Waals surface area contributed by atoms with E-state index >= 15 is 0 Å². The van der Waals surface area contributed by atoms with Crippen molar-refractivity contribution in [1.29, 1.82) is 0 Å². The predicted molar refractivity (Wildman–Crippen MR) is 88.3 cm³/mol. The number of hydrogen-bond donors (Lipinski definition) is 1. The Balaban J connectivity index is 3.95. The van der Waals surface area contributed by atoms with Crippen LogP contribution in [0.4, 0.5) is 0 Å². The van der Waals surface area contributed by atoms with Crippen molar-refractivity contribution in [2.45, 2.75) is 70.5 Å². The molecule has 1 atom stereocenters. The Labute approximate surface area is 131 Å². The highest BCUT2D eigenvalue weighted by molar-refractivity contribution is 7.80. The molecule has 0 rings (SSSR count). The fraction of sp³-hybridized carbons (Fsp3) is 1.00. The van der Waals surface area contributed by atoms with E-state index < -0.39 is 8.80 Å². The molecule has 0 N–H and O–H groups in total. The van der Waals surface area contributed by atoms with E-state index in [1.54, 1.807) is 14.2 Å². The molecule has 0 aromatic heterocycles. The van der Waals surface area contributed by atoms with E-state index in [1.165, 1.54) is 19.3 Å². The lowest BCUT2D eigenvalue weighted by atomic mass is 10.2. The second-order valence-electron chi connectivity index (χ2n) is 5.18. The molecule has 0 saturated carbocycles. The monoisotopic (exact) mass is 324 g/mol. The fourth-order valence-electron chi connectivity index (χ4n) is 1.93. The number of rotatable bonds is 13. The van der Waals surface area contributed by atoms with Gasteiger partial charge in [0.1, 0.15) is 0 Å². The van der Waals surface area contributed by atoms with Gasteiger partial charge in [-0.3, -0.25) is 0 Å². The van der Waals surface area contributed by atoms with E-state index in [0.717, 1.165) is 25.5 Å². The molecule has 0 aliphatic rings. The highest BCUT2D eigenvalue weighted by Gasteiger charge is 2.40. The van der Waals surface area contributed by atoms with Gasteiger partial charge in [-0.1, -0.05) is 26.2 Å². The molecule has 122 valence electrons. The van der Waals surface area contributed by atoms with Crippen molar-refractivity contribution in [3.05, 3.63) is 0 Å². The zero-order chi connectivity index (χ0) is 15.4. The van der Waals surface area contributed by atoms with Crippen molar-refractivity contribution < 1.29 is 18.0 Å². The minimum absolute atomic E-state index is 0.0791. The van der Waals surface area contributed by atoms with Crippen molar-refractivity contribution >= 4 is 21.4 Å². The summed E-state index contributed by atoms with van der Waals surface area (Å²) < 4.78 is 22.6. The third-order valence-electron chi connectivity index (χ3n) is 3.04. The van der Waals surface area contributed by atoms with Gasteiger partial charge in [0.25, 0.3) is 0 Å². The Bertz CT molecular complexity index is 225. The summed E-state index contributed by atoms with van der Waals surface area (Å²) in [4.78, 5) is 0. The molecule has 0 spiro atoms. The summed E-state index contributed by atoms with van der Waals surface area (Å²) in [5, 5.41) is 0. The lowest BCUT2D eigenvalue weighted by molar-refractivity contribution is 0.0614. The van der Waals surface area contributed by atoms with Crippen LogP contribution in [0, 0.1) is 0 Å². The van der Waals surface area contributed by atoms with Gasteiger partial charge in [0.2, 0.25) is 0 Å². The number of ether oxygens (including phenoxy) is 1. The molecule has 4 nitrogen and oxygen atoms in total. The molecule has 0 aromatic rings. The van der Waals surface area contributed by atoms with Crippen LogP contribution in [-0.4, -0.2) is 41.2 Å². The van der Waals surface area contributed by atoms with Crippen molar-refractivity contribution in [3.63, 3.8) is 0 Å². The van der Waals surface area contributed by atoms with Crippen molar-refractivity contribution in [1.82, 2.24) is 0 Å². The Morgan fingerprint density at radius 2 is 1.70 bits per heavy atom. The third-order valence-corrected chi connectivity index (χ3v) is 6.43. The maximum Gasteiger partial charge on any atom is 0.500 e. The smallest absolute Gasteiger partial charge is 0.377 e. The molecule has 20 heavy (non-hydrogen) atoms. The Morgan fingerprint density at radius 3 is 2.20 bits per heavy atom. The van der Waals surface area contributed by atoms with E-state index in [1.807, 2.05) is 13.8 Å². The third kappa shape index (κ3) is 9.36. The summed E-state index contributed by atoms with van der Waals surface area (Å²) in [7, 11) is 0.742. The molecule has 0 aromatic carbocycles. The zero-order valence-corrected chi connectivity index (χ0v) is 15.6. The summed E-state index contributed by atoms with van der Waals surface area (Å²) in [5.41, 5.74) is -0.0791. The lowest BCUT2D eigenvalue weighted by Gasteiger charge is -2.29. The Morgan fingerprint density at radius 1 is 1.05 bits per heavy atom. The number of hydrogen-bond acceptors (Lipinski definition) is 5. The van der Waals surface area contributed by atoms with Gasteiger partial charge in [0.05, 0.1) is 5.44 Å². The van der Waals surface area contributed by atoms with E-state index in [-0.39, 0.29) is 11.5 Å². The maximum absolute atomic E-state index is 5.85. The molecule has 0 aliphatic carbocycles. The van der Waals surface area contributed by atoms with Crippen molar-refractivity contribution in [3.8, 4) is 0 Å². The van der Waals surface area contributed by atoms with Crippen molar-refractivity contribution in [2.24, 2.45) is 0 Å². The first kappa shape index (κ1) is 20.4. The van der Waals surface area contributed by atoms with Gasteiger partial charge in [0.15, 0.2) is 0 Å². The molecule has 0 heterocycles. The molecular formula is C14H32O4SSi. The standard InChI is InChI=1S/C14H32O4SSi/c1-6-7-8-9-11-17-14(19)10-12-20(15-4,16-5)18-13(2)3/h13-14,19H,6-12H2,1-5H3. The second-order valence-corrected chi connectivity index (χ2v) is 8.68. The normalized spacial score (nSPS) is 13.9. The first-order valence-corrected chi connectivity index (χ1v) is 10.0. The molecule has 6 heteroatoms. The molecule has 0 fully saturated rings.